The molecule has 0 spiro atoms. The molecule has 0 atom stereocenters. The highest BCUT2D eigenvalue weighted by Crippen LogP contribution is 2.11. The predicted molar refractivity (Wildman–Crippen MR) is 73.4 cm³/mol. The zero-order chi connectivity index (χ0) is 15.3. The van der Waals surface area contributed by atoms with Crippen LogP contribution >= 0.6 is 0 Å². The molecule has 2 heterocycles. The summed E-state index contributed by atoms with van der Waals surface area (Å²) in [5.74, 6) is -0.783. The van der Waals surface area contributed by atoms with Gasteiger partial charge in [-0.1, -0.05) is 0 Å². The van der Waals surface area contributed by atoms with Crippen molar-refractivity contribution in [3.63, 3.8) is 0 Å². The van der Waals surface area contributed by atoms with Gasteiger partial charge in [-0.2, -0.15) is 5.10 Å². The number of hydrogen-bond acceptors (Lipinski definition) is 6. The van der Waals surface area contributed by atoms with Crippen LogP contribution in [0, 0.1) is 0 Å². The molecule has 2 aromatic rings. The molecule has 2 rings (SSSR count). The van der Waals surface area contributed by atoms with Crippen molar-refractivity contribution >= 4 is 21.7 Å². The Kier molecular flexibility index (Phi) is 4.48. The second-order valence-corrected chi connectivity index (χ2v) is 6.01. The maximum atomic E-state index is 11.7. The average Bonchev–Trinajstić information content (AvgIpc) is 2.92. The number of hydrogen-bond donors (Lipinski definition) is 2. The molecule has 0 amide bonds. The van der Waals surface area contributed by atoms with Crippen LogP contribution in [0.25, 0.3) is 5.82 Å². The minimum absolute atomic E-state index is 0.0507. The number of pyridine rings is 1. The minimum atomic E-state index is -3.59. The van der Waals surface area contributed by atoms with Gasteiger partial charge in [-0.25, -0.2) is 23.1 Å². The van der Waals surface area contributed by atoms with Gasteiger partial charge in [0.2, 0.25) is 10.0 Å². The van der Waals surface area contributed by atoms with E-state index in [1.165, 1.54) is 23.5 Å². The van der Waals surface area contributed by atoms with Gasteiger partial charge in [0, 0.05) is 6.42 Å². The molecule has 0 aliphatic heterocycles. The second kappa shape index (κ2) is 6.31. The molecule has 21 heavy (non-hydrogen) atoms. The van der Waals surface area contributed by atoms with E-state index in [-0.39, 0.29) is 18.6 Å². The SMILES string of the molecule is O=C(O)CCCS(=O)(=O)Nc1ccc(-n2cncn2)nc1. The molecular formula is C11H13N5O4S. The lowest BCUT2D eigenvalue weighted by molar-refractivity contribution is -0.137. The van der Waals surface area contributed by atoms with Crippen molar-refractivity contribution in [3.8, 4) is 5.82 Å². The molecule has 2 aromatic heterocycles. The fraction of sp³-hybridized carbons (Fsp3) is 0.273. The third-order valence-electron chi connectivity index (χ3n) is 2.48. The van der Waals surface area contributed by atoms with Crippen molar-refractivity contribution in [1.82, 2.24) is 19.7 Å². The molecule has 0 saturated heterocycles. The van der Waals surface area contributed by atoms with Gasteiger partial charge < -0.3 is 5.11 Å². The predicted octanol–water partition coefficient (Wildman–Crippen LogP) is 0.269. The van der Waals surface area contributed by atoms with E-state index in [0.717, 1.165) is 0 Å². The highest BCUT2D eigenvalue weighted by molar-refractivity contribution is 7.92. The highest BCUT2D eigenvalue weighted by Gasteiger charge is 2.12. The number of nitrogens with one attached hydrogen (secondary N) is 1. The first-order chi connectivity index (χ1) is 9.96. The molecule has 2 N–H and O–H groups in total. The maximum Gasteiger partial charge on any atom is 0.303 e. The van der Waals surface area contributed by atoms with E-state index >= 15 is 0 Å². The van der Waals surface area contributed by atoms with Crippen LogP contribution < -0.4 is 4.72 Å². The molecule has 10 heteroatoms. The van der Waals surface area contributed by atoms with Gasteiger partial charge >= 0.3 is 5.97 Å². The van der Waals surface area contributed by atoms with E-state index in [2.05, 4.69) is 19.8 Å². The van der Waals surface area contributed by atoms with Crippen LogP contribution in [0.1, 0.15) is 12.8 Å². The summed E-state index contributed by atoms with van der Waals surface area (Å²) in [5.41, 5.74) is 0.300. The normalized spacial score (nSPS) is 11.2. The van der Waals surface area contributed by atoms with E-state index in [4.69, 9.17) is 5.11 Å². The summed E-state index contributed by atoms with van der Waals surface area (Å²) in [6, 6.07) is 3.13. The van der Waals surface area contributed by atoms with Gasteiger partial charge in [0.05, 0.1) is 17.6 Å². The second-order valence-electron chi connectivity index (χ2n) is 4.16. The average molecular weight is 311 g/mol. The first-order valence-electron chi connectivity index (χ1n) is 5.99. The quantitative estimate of drug-likeness (QED) is 0.751. The molecule has 0 saturated carbocycles. The Labute approximate surface area is 120 Å². The number of anilines is 1. The number of rotatable bonds is 7. The van der Waals surface area contributed by atoms with Gasteiger partial charge in [-0.3, -0.25) is 9.52 Å². The fourth-order valence-electron chi connectivity index (χ4n) is 1.55. The Bertz CT molecular complexity index is 697. The highest BCUT2D eigenvalue weighted by atomic mass is 32.2. The van der Waals surface area contributed by atoms with Crippen molar-refractivity contribution in [2.45, 2.75) is 12.8 Å². The zero-order valence-corrected chi connectivity index (χ0v) is 11.7. The van der Waals surface area contributed by atoms with Crippen LogP contribution in [0.5, 0.6) is 0 Å². The Morgan fingerprint density at radius 1 is 1.38 bits per heavy atom. The lowest BCUT2D eigenvalue weighted by atomic mass is 10.3. The summed E-state index contributed by atoms with van der Waals surface area (Å²) in [6.07, 6.45) is 4.05. The van der Waals surface area contributed by atoms with Crippen LogP contribution in [0.3, 0.4) is 0 Å². The standard InChI is InChI=1S/C11H13N5O4S/c17-11(18)2-1-5-21(19,20)15-9-3-4-10(13-6-9)16-8-12-7-14-16/h3-4,6-8,15H,1-2,5H2,(H,17,18). The number of nitrogens with zero attached hydrogens (tertiary/aromatic N) is 4. The van der Waals surface area contributed by atoms with E-state index in [1.807, 2.05) is 0 Å². The number of sulfonamides is 1. The number of carbonyl (C=O) groups is 1. The van der Waals surface area contributed by atoms with Gasteiger partial charge in [0.25, 0.3) is 0 Å². The van der Waals surface area contributed by atoms with Crippen LogP contribution in [0.15, 0.2) is 31.0 Å². The van der Waals surface area contributed by atoms with Gasteiger partial charge in [0.1, 0.15) is 12.7 Å². The molecular weight excluding hydrogens is 298 g/mol. The Hall–Kier alpha value is -2.49. The number of aliphatic carboxylic acids is 1. The first-order valence-corrected chi connectivity index (χ1v) is 7.65. The largest absolute Gasteiger partial charge is 0.481 e. The number of aromatic nitrogens is 4. The summed E-state index contributed by atoms with van der Waals surface area (Å²) >= 11 is 0. The van der Waals surface area contributed by atoms with Crippen molar-refractivity contribution in [3.05, 3.63) is 31.0 Å². The number of carboxylic acid groups (broad SMARTS) is 1. The lowest BCUT2D eigenvalue weighted by Gasteiger charge is -2.07. The number of carboxylic acids is 1. The molecule has 0 bridgehead atoms. The molecule has 0 radical (unpaired) electrons. The summed E-state index contributed by atoms with van der Waals surface area (Å²) in [5, 5.41) is 12.4. The van der Waals surface area contributed by atoms with Gasteiger partial charge in [-0.05, 0) is 18.6 Å². The third kappa shape index (κ3) is 4.53. The van der Waals surface area contributed by atoms with Gasteiger partial charge in [-0.15, -0.1) is 0 Å². The molecule has 0 aromatic carbocycles. The Morgan fingerprint density at radius 2 is 2.19 bits per heavy atom. The van der Waals surface area contributed by atoms with E-state index in [9.17, 15) is 13.2 Å². The smallest absolute Gasteiger partial charge is 0.303 e. The molecule has 0 aliphatic rings. The van der Waals surface area contributed by atoms with Crippen LogP contribution in [-0.4, -0.2) is 45.0 Å². The third-order valence-corrected chi connectivity index (χ3v) is 3.85. The summed E-state index contributed by atoms with van der Waals surface area (Å²) in [4.78, 5) is 18.2. The molecule has 0 aliphatic carbocycles. The van der Waals surface area contributed by atoms with Crippen molar-refractivity contribution in [2.24, 2.45) is 0 Å². The molecule has 0 unspecified atom stereocenters. The molecule has 0 fully saturated rings. The van der Waals surface area contributed by atoms with Crippen LogP contribution in [-0.2, 0) is 14.8 Å². The Balaban J connectivity index is 1.98. The van der Waals surface area contributed by atoms with E-state index in [0.29, 0.717) is 11.5 Å². The van der Waals surface area contributed by atoms with E-state index < -0.39 is 16.0 Å². The topological polar surface area (TPSA) is 127 Å². The minimum Gasteiger partial charge on any atom is -0.481 e. The monoisotopic (exact) mass is 311 g/mol. The van der Waals surface area contributed by atoms with Crippen molar-refractivity contribution < 1.29 is 18.3 Å². The molecule has 112 valence electrons. The zero-order valence-electron chi connectivity index (χ0n) is 10.9. The summed E-state index contributed by atoms with van der Waals surface area (Å²) in [6.45, 7) is 0. The Morgan fingerprint density at radius 3 is 2.76 bits per heavy atom. The van der Waals surface area contributed by atoms with Crippen LogP contribution in [0.4, 0.5) is 5.69 Å². The molecule has 9 nitrogen and oxygen atoms in total. The lowest BCUT2D eigenvalue weighted by Crippen LogP contribution is -2.17. The summed E-state index contributed by atoms with van der Waals surface area (Å²) < 4.78 is 27.2. The van der Waals surface area contributed by atoms with Crippen LogP contribution in [0.2, 0.25) is 0 Å². The maximum absolute atomic E-state index is 11.7. The van der Waals surface area contributed by atoms with Gasteiger partial charge in [0.15, 0.2) is 5.82 Å². The van der Waals surface area contributed by atoms with Crippen molar-refractivity contribution in [1.29, 1.82) is 0 Å². The fourth-order valence-corrected chi connectivity index (χ4v) is 2.66. The van der Waals surface area contributed by atoms with E-state index in [1.54, 1.807) is 12.1 Å². The first kappa shape index (κ1) is 14.9. The summed E-state index contributed by atoms with van der Waals surface area (Å²) in [7, 11) is -3.59. The van der Waals surface area contributed by atoms with Crippen molar-refractivity contribution in [2.75, 3.05) is 10.5 Å².